The SMILES string of the molecule is CCOc1cc(C=C(C#N)C(=O)Nc2cc(C)on2)ccc1OCCOc1cc(C)cc(CC)c1. The zero-order valence-electron chi connectivity index (χ0n) is 20.4. The number of carbonyl (C=O) groups excluding carboxylic acids is 1. The Bertz CT molecular complexity index is 1240. The van der Waals surface area contributed by atoms with Crippen LogP contribution in [-0.4, -0.2) is 30.9 Å². The van der Waals surface area contributed by atoms with E-state index in [-0.39, 0.29) is 11.4 Å². The highest BCUT2D eigenvalue weighted by molar-refractivity contribution is 6.09. The maximum atomic E-state index is 12.4. The quantitative estimate of drug-likeness (QED) is 0.229. The molecule has 0 saturated heterocycles. The summed E-state index contributed by atoms with van der Waals surface area (Å²) in [4.78, 5) is 12.4. The minimum absolute atomic E-state index is 0.0835. The average molecular weight is 476 g/mol. The molecule has 0 spiro atoms. The molecule has 1 N–H and O–H groups in total. The van der Waals surface area contributed by atoms with E-state index in [4.69, 9.17) is 18.7 Å². The first kappa shape index (κ1) is 25.4. The predicted molar refractivity (Wildman–Crippen MR) is 133 cm³/mol. The smallest absolute Gasteiger partial charge is 0.267 e. The molecule has 0 saturated carbocycles. The van der Waals surface area contributed by atoms with Crippen molar-refractivity contribution in [3.63, 3.8) is 0 Å². The van der Waals surface area contributed by atoms with E-state index in [1.807, 2.05) is 32.0 Å². The largest absolute Gasteiger partial charge is 0.490 e. The number of aryl methyl sites for hydroxylation is 3. The van der Waals surface area contributed by atoms with E-state index < -0.39 is 5.91 Å². The van der Waals surface area contributed by atoms with E-state index >= 15 is 0 Å². The lowest BCUT2D eigenvalue weighted by Crippen LogP contribution is -2.13. The van der Waals surface area contributed by atoms with Crippen LogP contribution in [0.3, 0.4) is 0 Å². The fraction of sp³-hybridized carbons (Fsp3) is 0.296. The number of anilines is 1. The summed E-state index contributed by atoms with van der Waals surface area (Å²) in [7, 11) is 0. The van der Waals surface area contributed by atoms with Crippen LogP contribution in [0.25, 0.3) is 6.08 Å². The van der Waals surface area contributed by atoms with E-state index in [9.17, 15) is 10.1 Å². The summed E-state index contributed by atoms with van der Waals surface area (Å²) in [6.45, 7) is 8.86. The molecule has 0 unspecified atom stereocenters. The molecule has 0 fully saturated rings. The molecule has 0 atom stereocenters. The van der Waals surface area contributed by atoms with E-state index in [1.54, 1.807) is 31.2 Å². The molecule has 0 aliphatic rings. The van der Waals surface area contributed by atoms with Gasteiger partial charge in [0.1, 0.15) is 36.4 Å². The Hall–Kier alpha value is -4.25. The third kappa shape index (κ3) is 7.37. The fourth-order valence-corrected chi connectivity index (χ4v) is 3.35. The molecule has 35 heavy (non-hydrogen) atoms. The molecule has 0 radical (unpaired) electrons. The molecule has 1 heterocycles. The summed E-state index contributed by atoms with van der Waals surface area (Å²) in [5, 5.41) is 15.7. The normalized spacial score (nSPS) is 11.0. The molecule has 0 aliphatic heterocycles. The van der Waals surface area contributed by atoms with Gasteiger partial charge in [-0.3, -0.25) is 4.79 Å². The highest BCUT2D eigenvalue weighted by Crippen LogP contribution is 2.29. The number of hydrogen-bond donors (Lipinski definition) is 1. The molecule has 0 bridgehead atoms. The maximum absolute atomic E-state index is 12.4. The molecule has 1 aromatic heterocycles. The number of aromatic nitrogens is 1. The Morgan fingerprint density at radius 2 is 1.86 bits per heavy atom. The van der Waals surface area contributed by atoms with Crippen molar-refractivity contribution in [1.29, 1.82) is 5.26 Å². The zero-order valence-corrected chi connectivity index (χ0v) is 20.4. The van der Waals surface area contributed by atoms with Gasteiger partial charge in [-0.2, -0.15) is 5.26 Å². The van der Waals surface area contributed by atoms with Crippen molar-refractivity contribution < 1.29 is 23.5 Å². The van der Waals surface area contributed by atoms with Crippen molar-refractivity contribution in [2.75, 3.05) is 25.1 Å². The van der Waals surface area contributed by atoms with Gasteiger partial charge in [0.05, 0.1) is 6.61 Å². The van der Waals surface area contributed by atoms with Crippen LogP contribution in [0.15, 0.2) is 52.6 Å². The summed E-state index contributed by atoms with van der Waals surface area (Å²) < 4.78 is 22.4. The number of ether oxygens (including phenoxy) is 3. The molecule has 8 heteroatoms. The van der Waals surface area contributed by atoms with E-state index in [2.05, 4.69) is 23.5 Å². The van der Waals surface area contributed by atoms with E-state index in [0.29, 0.717) is 42.6 Å². The monoisotopic (exact) mass is 475 g/mol. The van der Waals surface area contributed by atoms with Gasteiger partial charge in [0, 0.05) is 6.07 Å². The van der Waals surface area contributed by atoms with Crippen LogP contribution in [0.1, 0.15) is 36.3 Å². The molecule has 2 aromatic carbocycles. The molecular weight excluding hydrogens is 446 g/mol. The number of benzene rings is 2. The Labute approximate surface area is 205 Å². The second-order valence-electron chi connectivity index (χ2n) is 7.79. The topological polar surface area (TPSA) is 107 Å². The predicted octanol–water partition coefficient (Wildman–Crippen LogP) is 5.26. The Morgan fingerprint density at radius 1 is 1.06 bits per heavy atom. The molecule has 8 nitrogen and oxygen atoms in total. The summed E-state index contributed by atoms with van der Waals surface area (Å²) in [6, 6.07) is 14.9. The van der Waals surface area contributed by atoms with Gasteiger partial charge in [0.15, 0.2) is 17.3 Å². The maximum Gasteiger partial charge on any atom is 0.267 e. The van der Waals surface area contributed by atoms with Crippen LogP contribution in [0, 0.1) is 25.2 Å². The van der Waals surface area contributed by atoms with Gasteiger partial charge >= 0.3 is 0 Å². The minimum Gasteiger partial charge on any atom is -0.490 e. The lowest BCUT2D eigenvalue weighted by atomic mass is 10.1. The number of nitrogens with zero attached hydrogens (tertiary/aromatic N) is 2. The first-order valence-electron chi connectivity index (χ1n) is 11.4. The van der Waals surface area contributed by atoms with Gasteiger partial charge in [0.2, 0.25) is 0 Å². The highest BCUT2D eigenvalue weighted by Gasteiger charge is 2.13. The van der Waals surface area contributed by atoms with Gasteiger partial charge in [-0.25, -0.2) is 0 Å². The van der Waals surface area contributed by atoms with Crippen molar-refractivity contribution in [2.45, 2.75) is 34.1 Å². The highest BCUT2D eigenvalue weighted by atomic mass is 16.5. The number of nitriles is 1. The number of nitrogens with one attached hydrogen (secondary N) is 1. The van der Waals surface area contributed by atoms with Crippen LogP contribution in [0.4, 0.5) is 5.82 Å². The van der Waals surface area contributed by atoms with Crippen molar-refractivity contribution >= 4 is 17.8 Å². The van der Waals surface area contributed by atoms with Gasteiger partial charge in [-0.15, -0.1) is 0 Å². The molecule has 1 amide bonds. The number of amides is 1. The third-order valence-electron chi connectivity index (χ3n) is 4.94. The molecule has 3 aromatic rings. The van der Waals surface area contributed by atoms with Crippen LogP contribution in [0.2, 0.25) is 0 Å². The van der Waals surface area contributed by atoms with Crippen molar-refractivity contribution in [2.24, 2.45) is 0 Å². The molecule has 182 valence electrons. The van der Waals surface area contributed by atoms with Crippen LogP contribution < -0.4 is 19.5 Å². The molecule has 3 rings (SSSR count). The Balaban J connectivity index is 1.65. The summed E-state index contributed by atoms with van der Waals surface area (Å²) in [6.07, 6.45) is 2.42. The second kappa shape index (κ2) is 12.3. The Kier molecular flexibility index (Phi) is 8.90. The number of hydrogen-bond acceptors (Lipinski definition) is 7. The van der Waals surface area contributed by atoms with Crippen LogP contribution >= 0.6 is 0 Å². The summed E-state index contributed by atoms with van der Waals surface area (Å²) in [5.41, 5.74) is 2.92. The van der Waals surface area contributed by atoms with Crippen molar-refractivity contribution in [3.8, 4) is 23.3 Å². The zero-order chi connectivity index (χ0) is 25.2. The van der Waals surface area contributed by atoms with E-state index in [1.165, 1.54) is 11.6 Å². The average Bonchev–Trinajstić information content (AvgIpc) is 3.25. The third-order valence-corrected chi connectivity index (χ3v) is 4.94. The number of rotatable bonds is 11. The first-order valence-corrected chi connectivity index (χ1v) is 11.4. The van der Waals surface area contributed by atoms with Gasteiger partial charge in [-0.1, -0.05) is 24.2 Å². The second-order valence-corrected chi connectivity index (χ2v) is 7.79. The Morgan fingerprint density at radius 3 is 2.54 bits per heavy atom. The van der Waals surface area contributed by atoms with E-state index in [0.717, 1.165) is 17.7 Å². The number of carbonyl (C=O) groups is 1. The fourth-order valence-electron chi connectivity index (χ4n) is 3.35. The van der Waals surface area contributed by atoms with Gasteiger partial charge in [-0.05, 0) is 74.2 Å². The van der Waals surface area contributed by atoms with Crippen molar-refractivity contribution in [1.82, 2.24) is 5.16 Å². The first-order chi connectivity index (χ1) is 16.9. The van der Waals surface area contributed by atoms with Gasteiger partial charge < -0.3 is 24.1 Å². The lowest BCUT2D eigenvalue weighted by molar-refractivity contribution is -0.112. The van der Waals surface area contributed by atoms with Gasteiger partial charge in [0.25, 0.3) is 5.91 Å². The van der Waals surface area contributed by atoms with Crippen LogP contribution in [0.5, 0.6) is 17.2 Å². The summed E-state index contributed by atoms with van der Waals surface area (Å²) >= 11 is 0. The molecular formula is C27H29N3O5. The summed E-state index contributed by atoms with van der Waals surface area (Å²) in [5.74, 6) is 2.08. The van der Waals surface area contributed by atoms with Crippen LogP contribution in [-0.2, 0) is 11.2 Å². The molecule has 0 aliphatic carbocycles. The minimum atomic E-state index is -0.585. The standard InChI is InChI=1S/C27H29N3O5/c1-5-20-11-18(3)12-23(15-20)33-9-10-34-24-8-7-21(16-25(24)32-6-2)14-22(17-28)27(31)29-26-13-19(4)35-30-26/h7-8,11-16H,5-6,9-10H2,1-4H3,(H,29,30,31). The lowest BCUT2D eigenvalue weighted by Gasteiger charge is -2.14. The van der Waals surface area contributed by atoms with Crippen molar-refractivity contribution in [3.05, 3.63) is 70.5 Å².